The van der Waals surface area contributed by atoms with Crippen LogP contribution in [0, 0.1) is 11.3 Å². The summed E-state index contributed by atoms with van der Waals surface area (Å²) in [5.74, 6) is 0.175. The molecule has 4 nitrogen and oxygen atoms in total. The predicted octanol–water partition coefficient (Wildman–Crippen LogP) is 0.221. The lowest BCUT2D eigenvalue weighted by molar-refractivity contribution is 0.0633. The van der Waals surface area contributed by atoms with Gasteiger partial charge in [-0.05, 0) is 0 Å². The van der Waals surface area contributed by atoms with Gasteiger partial charge in [-0.2, -0.15) is 0 Å². The fraction of sp³-hybridized carbons (Fsp3) is 0.857. The van der Waals surface area contributed by atoms with Crippen molar-refractivity contribution in [1.82, 2.24) is 0 Å². The molecule has 0 aromatic heterocycles. The molecule has 0 aromatic carbocycles. The van der Waals surface area contributed by atoms with Crippen LogP contribution in [0.15, 0.2) is 0 Å². The molecule has 0 heterocycles. The molecule has 0 aliphatic heterocycles. The van der Waals surface area contributed by atoms with Crippen molar-refractivity contribution >= 4 is 5.84 Å². The Morgan fingerprint density at radius 1 is 1.55 bits per heavy atom. The maximum Gasteiger partial charge on any atom is 0.0957 e. The Bertz CT molecular complexity index is 117. The van der Waals surface area contributed by atoms with Gasteiger partial charge in [-0.3, -0.25) is 5.41 Å². The van der Waals surface area contributed by atoms with E-state index in [1.807, 2.05) is 6.92 Å². The molecule has 0 aliphatic carbocycles. The quantitative estimate of drug-likeness (QED) is 0.332. The number of rotatable bonds is 6. The number of nitrogens with two attached hydrogens (primary N) is 1. The van der Waals surface area contributed by atoms with E-state index >= 15 is 0 Å². The molecule has 0 aromatic rings. The highest BCUT2D eigenvalue weighted by molar-refractivity contribution is 5.79. The zero-order valence-corrected chi connectivity index (χ0v) is 7.09. The fourth-order valence-corrected chi connectivity index (χ4v) is 0.492. The SMILES string of the molecule is COCCOCC(C)C(=N)N. The van der Waals surface area contributed by atoms with Crippen molar-refractivity contribution in [2.24, 2.45) is 11.7 Å². The standard InChI is InChI=1S/C7H16N2O2/c1-6(7(8)9)5-11-4-3-10-2/h6H,3-5H2,1-2H3,(H3,8,9). The highest BCUT2D eigenvalue weighted by Crippen LogP contribution is 1.93. The third-order valence-electron chi connectivity index (χ3n) is 1.33. The van der Waals surface area contributed by atoms with E-state index in [0.717, 1.165) is 0 Å². The monoisotopic (exact) mass is 160 g/mol. The van der Waals surface area contributed by atoms with E-state index in [9.17, 15) is 0 Å². The van der Waals surface area contributed by atoms with Gasteiger partial charge in [0.25, 0.3) is 0 Å². The molecule has 0 radical (unpaired) electrons. The second-order valence-corrected chi connectivity index (χ2v) is 2.42. The van der Waals surface area contributed by atoms with Crippen LogP contribution in [-0.4, -0.2) is 32.8 Å². The minimum absolute atomic E-state index is 0.00635. The number of ether oxygens (including phenoxy) is 2. The van der Waals surface area contributed by atoms with E-state index in [-0.39, 0.29) is 11.8 Å². The van der Waals surface area contributed by atoms with Crippen molar-refractivity contribution in [2.75, 3.05) is 26.9 Å². The Kier molecular flexibility index (Phi) is 5.78. The first-order valence-electron chi connectivity index (χ1n) is 3.59. The summed E-state index contributed by atoms with van der Waals surface area (Å²) in [7, 11) is 1.62. The molecule has 11 heavy (non-hydrogen) atoms. The fourth-order valence-electron chi connectivity index (χ4n) is 0.492. The van der Waals surface area contributed by atoms with Gasteiger partial charge in [0.2, 0.25) is 0 Å². The van der Waals surface area contributed by atoms with Crippen LogP contribution >= 0.6 is 0 Å². The van der Waals surface area contributed by atoms with Gasteiger partial charge in [0, 0.05) is 13.0 Å². The molecular formula is C7H16N2O2. The molecule has 0 fully saturated rings. The number of amidine groups is 1. The van der Waals surface area contributed by atoms with Crippen molar-refractivity contribution in [2.45, 2.75) is 6.92 Å². The van der Waals surface area contributed by atoms with Gasteiger partial charge in [0.15, 0.2) is 0 Å². The molecule has 3 N–H and O–H groups in total. The van der Waals surface area contributed by atoms with Gasteiger partial charge in [0.1, 0.15) is 0 Å². The Hall–Kier alpha value is -0.610. The highest BCUT2D eigenvalue weighted by Gasteiger charge is 2.03. The summed E-state index contributed by atoms with van der Waals surface area (Å²) >= 11 is 0. The molecule has 0 bridgehead atoms. The van der Waals surface area contributed by atoms with Crippen LogP contribution in [0.25, 0.3) is 0 Å². The van der Waals surface area contributed by atoms with Gasteiger partial charge in [0.05, 0.1) is 25.7 Å². The van der Waals surface area contributed by atoms with E-state index in [1.54, 1.807) is 7.11 Å². The minimum atomic E-state index is 0.00635. The van der Waals surface area contributed by atoms with E-state index in [1.165, 1.54) is 0 Å². The lowest BCUT2D eigenvalue weighted by atomic mass is 10.2. The van der Waals surface area contributed by atoms with E-state index in [0.29, 0.717) is 19.8 Å². The molecule has 1 atom stereocenters. The van der Waals surface area contributed by atoms with Crippen molar-refractivity contribution in [1.29, 1.82) is 5.41 Å². The maximum absolute atomic E-state index is 7.05. The number of hydrogen-bond donors (Lipinski definition) is 2. The number of nitrogens with one attached hydrogen (secondary N) is 1. The smallest absolute Gasteiger partial charge is 0.0957 e. The number of hydrogen-bond acceptors (Lipinski definition) is 3. The Morgan fingerprint density at radius 3 is 2.64 bits per heavy atom. The lowest BCUT2D eigenvalue weighted by Gasteiger charge is -2.09. The average Bonchev–Trinajstić information content (AvgIpc) is 1.97. The molecule has 0 amide bonds. The Balaban J connectivity index is 3.17. The third kappa shape index (κ3) is 5.82. The first-order valence-corrected chi connectivity index (χ1v) is 3.59. The topological polar surface area (TPSA) is 68.3 Å². The van der Waals surface area contributed by atoms with E-state index < -0.39 is 0 Å². The van der Waals surface area contributed by atoms with E-state index in [2.05, 4.69) is 0 Å². The number of methoxy groups -OCH3 is 1. The van der Waals surface area contributed by atoms with Gasteiger partial charge < -0.3 is 15.2 Å². The average molecular weight is 160 g/mol. The molecule has 0 spiro atoms. The van der Waals surface area contributed by atoms with Crippen LogP contribution in [0.2, 0.25) is 0 Å². The van der Waals surface area contributed by atoms with Crippen LogP contribution in [0.3, 0.4) is 0 Å². The molecular weight excluding hydrogens is 144 g/mol. The predicted molar refractivity (Wildman–Crippen MR) is 43.8 cm³/mol. The zero-order valence-electron chi connectivity index (χ0n) is 7.09. The normalized spacial score (nSPS) is 12.9. The Labute approximate surface area is 67.2 Å². The molecule has 4 heteroatoms. The lowest BCUT2D eigenvalue weighted by Crippen LogP contribution is -2.24. The van der Waals surface area contributed by atoms with Gasteiger partial charge >= 0.3 is 0 Å². The van der Waals surface area contributed by atoms with Crippen LogP contribution in [0.4, 0.5) is 0 Å². The molecule has 66 valence electrons. The molecule has 0 aliphatic rings. The molecule has 0 saturated heterocycles. The summed E-state index contributed by atoms with van der Waals surface area (Å²) in [6, 6.07) is 0. The minimum Gasteiger partial charge on any atom is -0.387 e. The summed E-state index contributed by atoms with van der Waals surface area (Å²) in [6.45, 7) is 3.51. The molecule has 0 rings (SSSR count). The van der Waals surface area contributed by atoms with Crippen LogP contribution in [0.1, 0.15) is 6.92 Å². The van der Waals surface area contributed by atoms with Crippen molar-refractivity contribution in [3.63, 3.8) is 0 Å². The largest absolute Gasteiger partial charge is 0.387 e. The van der Waals surface area contributed by atoms with Gasteiger partial charge in [-0.25, -0.2) is 0 Å². The molecule has 0 saturated carbocycles. The van der Waals surface area contributed by atoms with Crippen molar-refractivity contribution in [3.8, 4) is 0 Å². The summed E-state index contributed by atoms with van der Waals surface area (Å²) in [5, 5.41) is 7.05. The second kappa shape index (κ2) is 6.12. The summed E-state index contributed by atoms with van der Waals surface area (Å²) < 4.78 is 9.93. The van der Waals surface area contributed by atoms with Crippen molar-refractivity contribution < 1.29 is 9.47 Å². The summed E-state index contributed by atoms with van der Waals surface area (Å²) in [6.07, 6.45) is 0. The first kappa shape index (κ1) is 10.4. The first-order chi connectivity index (χ1) is 5.18. The zero-order chi connectivity index (χ0) is 8.69. The van der Waals surface area contributed by atoms with Crippen LogP contribution in [-0.2, 0) is 9.47 Å². The van der Waals surface area contributed by atoms with E-state index in [4.69, 9.17) is 20.6 Å². The van der Waals surface area contributed by atoms with Crippen LogP contribution < -0.4 is 5.73 Å². The van der Waals surface area contributed by atoms with Crippen LogP contribution in [0.5, 0.6) is 0 Å². The third-order valence-corrected chi connectivity index (χ3v) is 1.33. The van der Waals surface area contributed by atoms with Crippen molar-refractivity contribution in [3.05, 3.63) is 0 Å². The Morgan fingerprint density at radius 2 is 2.18 bits per heavy atom. The second-order valence-electron chi connectivity index (χ2n) is 2.42. The molecule has 1 unspecified atom stereocenters. The highest BCUT2D eigenvalue weighted by atomic mass is 16.5. The van der Waals surface area contributed by atoms with Gasteiger partial charge in [-0.1, -0.05) is 6.92 Å². The maximum atomic E-state index is 7.05. The summed E-state index contributed by atoms with van der Waals surface area (Å²) in [4.78, 5) is 0. The van der Waals surface area contributed by atoms with Gasteiger partial charge in [-0.15, -0.1) is 0 Å². The summed E-state index contributed by atoms with van der Waals surface area (Å²) in [5.41, 5.74) is 5.22.